The van der Waals surface area contributed by atoms with Gasteiger partial charge in [0.1, 0.15) is 5.82 Å². The van der Waals surface area contributed by atoms with Crippen LogP contribution in [0.4, 0.5) is 4.39 Å². The Labute approximate surface area is 93.0 Å². The van der Waals surface area contributed by atoms with Gasteiger partial charge in [-0.15, -0.1) is 0 Å². The van der Waals surface area contributed by atoms with Gasteiger partial charge in [0.05, 0.1) is 6.54 Å². The zero-order valence-corrected chi connectivity index (χ0v) is 8.98. The maximum absolute atomic E-state index is 12.7. The Bertz CT molecular complexity index is 543. The standard InChI is InChI=1S/C13H12FNO/c1-10-3-2-8-15(13(10)16)9-11-4-6-12(14)7-5-11/h2-8H,9H2,1H3. The fourth-order valence-corrected chi connectivity index (χ4v) is 1.57. The van der Waals surface area contributed by atoms with Crippen LogP contribution < -0.4 is 5.56 Å². The highest BCUT2D eigenvalue weighted by Gasteiger charge is 2.00. The van der Waals surface area contributed by atoms with Crippen LogP contribution >= 0.6 is 0 Å². The molecule has 0 saturated heterocycles. The van der Waals surface area contributed by atoms with Crippen molar-refractivity contribution in [2.45, 2.75) is 13.5 Å². The summed E-state index contributed by atoms with van der Waals surface area (Å²) in [6.07, 6.45) is 1.73. The summed E-state index contributed by atoms with van der Waals surface area (Å²) in [5.41, 5.74) is 1.62. The number of aromatic nitrogens is 1. The number of hydrogen-bond donors (Lipinski definition) is 0. The number of aryl methyl sites for hydroxylation is 1. The molecule has 0 N–H and O–H groups in total. The molecular weight excluding hydrogens is 205 g/mol. The van der Waals surface area contributed by atoms with Crippen molar-refractivity contribution < 1.29 is 4.39 Å². The SMILES string of the molecule is Cc1cccn(Cc2ccc(F)cc2)c1=O. The zero-order valence-electron chi connectivity index (χ0n) is 8.98. The van der Waals surface area contributed by atoms with Crippen molar-refractivity contribution in [3.8, 4) is 0 Å². The molecule has 0 aliphatic rings. The van der Waals surface area contributed by atoms with E-state index in [0.717, 1.165) is 5.56 Å². The van der Waals surface area contributed by atoms with Gasteiger partial charge < -0.3 is 4.57 Å². The smallest absolute Gasteiger partial charge is 0.253 e. The summed E-state index contributed by atoms with van der Waals surface area (Å²) in [5.74, 6) is -0.264. The summed E-state index contributed by atoms with van der Waals surface area (Å²) in [6, 6.07) is 9.78. The van der Waals surface area contributed by atoms with E-state index in [0.29, 0.717) is 12.1 Å². The van der Waals surface area contributed by atoms with E-state index in [1.165, 1.54) is 12.1 Å². The molecule has 0 unspecified atom stereocenters. The lowest BCUT2D eigenvalue weighted by Gasteiger charge is -2.06. The third-order valence-electron chi connectivity index (χ3n) is 2.48. The van der Waals surface area contributed by atoms with Gasteiger partial charge in [0.2, 0.25) is 0 Å². The Balaban J connectivity index is 2.31. The molecule has 0 atom stereocenters. The highest BCUT2D eigenvalue weighted by molar-refractivity contribution is 5.17. The number of nitrogens with zero attached hydrogens (tertiary/aromatic N) is 1. The van der Waals surface area contributed by atoms with Crippen molar-refractivity contribution in [2.24, 2.45) is 0 Å². The first kappa shape index (κ1) is 10.6. The van der Waals surface area contributed by atoms with Crippen LogP contribution in [0.25, 0.3) is 0 Å². The molecule has 0 bridgehead atoms. The predicted octanol–water partition coefficient (Wildman–Crippen LogP) is 2.34. The van der Waals surface area contributed by atoms with E-state index < -0.39 is 0 Å². The van der Waals surface area contributed by atoms with Gasteiger partial charge in [0.15, 0.2) is 0 Å². The van der Waals surface area contributed by atoms with Crippen molar-refractivity contribution in [3.63, 3.8) is 0 Å². The van der Waals surface area contributed by atoms with E-state index in [9.17, 15) is 9.18 Å². The zero-order chi connectivity index (χ0) is 11.5. The number of halogens is 1. The number of rotatable bonds is 2. The number of benzene rings is 1. The van der Waals surface area contributed by atoms with Gasteiger partial charge in [0, 0.05) is 11.8 Å². The van der Waals surface area contributed by atoms with E-state index in [4.69, 9.17) is 0 Å². The lowest BCUT2D eigenvalue weighted by molar-refractivity contribution is 0.626. The Morgan fingerprint density at radius 3 is 2.56 bits per heavy atom. The Morgan fingerprint density at radius 1 is 1.19 bits per heavy atom. The van der Waals surface area contributed by atoms with Crippen LogP contribution in [0, 0.1) is 12.7 Å². The second-order valence-electron chi connectivity index (χ2n) is 3.75. The molecule has 16 heavy (non-hydrogen) atoms. The van der Waals surface area contributed by atoms with Crippen LogP contribution in [-0.4, -0.2) is 4.57 Å². The topological polar surface area (TPSA) is 22.0 Å². The minimum Gasteiger partial charge on any atom is -0.311 e. The third-order valence-corrected chi connectivity index (χ3v) is 2.48. The van der Waals surface area contributed by atoms with E-state index in [1.54, 1.807) is 35.9 Å². The Kier molecular flexibility index (Phi) is 2.86. The highest BCUT2D eigenvalue weighted by Crippen LogP contribution is 2.04. The van der Waals surface area contributed by atoms with E-state index in [-0.39, 0.29) is 11.4 Å². The maximum atomic E-state index is 12.7. The molecule has 0 radical (unpaired) electrons. The first-order valence-electron chi connectivity index (χ1n) is 5.07. The van der Waals surface area contributed by atoms with Crippen molar-refractivity contribution in [1.29, 1.82) is 0 Å². The monoisotopic (exact) mass is 217 g/mol. The van der Waals surface area contributed by atoms with E-state index in [1.807, 2.05) is 6.07 Å². The fraction of sp³-hybridized carbons (Fsp3) is 0.154. The van der Waals surface area contributed by atoms with Crippen molar-refractivity contribution in [3.05, 3.63) is 69.9 Å². The van der Waals surface area contributed by atoms with Crippen LogP contribution in [-0.2, 0) is 6.54 Å². The molecule has 1 heterocycles. The molecule has 0 saturated carbocycles. The number of hydrogen-bond acceptors (Lipinski definition) is 1. The average molecular weight is 217 g/mol. The van der Waals surface area contributed by atoms with Crippen LogP contribution in [0.15, 0.2) is 47.4 Å². The van der Waals surface area contributed by atoms with Crippen LogP contribution in [0.5, 0.6) is 0 Å². The minimum absolute atomic E-state index is 0.00757. The molecule has 0 amide bonds. The van der Waals surface area contributed by atoms with Gasteiger partial charge in [-0.25, -0.2) is 4.39 Å². The van der Waals surface area contributed by atoms with Crippen LogP contribution in [0.2, 0.25) is 0 Å². The van der Waals surface area contributed by atoms with E-state index in [2.05, 4.69) is 0 Å². The van der Waals surface area contributed by atoms with Gasteiger partial charge in [0.25, 0.3) is 5.56 Å². The third kappa shape index (κ3) is 2.19. The predicted molar refractivity (Wildman–Crippen MR) is 60.9 cm³/mol. The molecule has 2 nitrogen and oxygen atoms in total. The minimum atomic E-state index is -0.264. The summed E-state index contributed by atoms with van der Waals surface area (Å²) in [6.45, 7) is 2.25. The molecule has 3 heteroatoms. The molecule has 1 aromatic heterocycles. The van der Waals surface area contributed by atoms with Gasteiger partial charge in [-0.3, -0.25) is 4.79 Å². The lowest BCUT2D eigenvalue weighted by atomic mass is 10.2. The molecule has 0 spiro atoms. The van der Waals surface area contributed by atoms with Gasteiger partial charge in [-0.2, -0.15) is 0 Å². The quantitative estimate of drug-likeness (QED) is 0.756. The first-order chi connectivity index (χ1) is 7.66. The summed E-state index contributed by atoms with van der Waals surface area (Å²) in [7, 11) is 0. The van der Waals surface area contributed by atoms with Crippen LogP contribution in [0.1, 0.15) is 11.1 Å². The van der Waals surface area contributed by atoms with Gasteiger partial charge in [-0.05, 0) is 30.7 Å². The van der Waals surface area contributed by atoms with Crippen LogP contribution in [0.3, 0.4) is 0 Å². The molecule has 82 valence electrons. The van der Waals surface area contributed by atoms with Crippen molar-refractivity contribution in [1.82, 2.24) is 4.57 Å². The first-order valence-corrected chi connectivity index (χ1v) is 5.07. The molecule has 1 aromatic carbocycles. The molecule has 0 fully saturated rings. The summed E-state index contributed by atoms with van der Waals surface area (Å²) in [5, 5.41) is 0. The molecule has 0 aliphatic heterocycles. The summed E-state index contributed by atoms with van der Waals surface area (Å²) < 4.78 is 14.3. The van der Waals surface area contributed by atoms with E-state index >= 15 is 0 Å². The lowest BCUT2D eigenvalue weighted by Crippen LogP contribution is -2.21. The maximum Gasteiger partial charge on any atom is 0.253 e. The normalized spacial score (nSPS) is 10.4. The summed E-state index contributed by atoms with van der Waals surface area (Å²) >= 11 is 0. The average Bonchev–Trinajstić information content (AvgIpc) is 2.28. The molecular formula is C13H12FNO. The van der Waals surface area contributed by atoms with Gasteiger partial charge >= 0.3 is 0 Å². The van der Waals surface area contributed by atoms with Crippen molar-refractivity contribution in [2.75, 3.05) is 0 Å². The Morgan fingerprint density at radius 2 is 1.88 bits per heavy atom. The largest absolute Gasteiger partial charge is 0.311 e. The van der Waals surface area contributed by atoms with Gasteiger partial charge in [-0.1, -0.05) is 18.2 Å². The number of pyridine rings is 1. The second-order valence-corrected chi connectivity index (χ2v) is 3.75. The fourth-order valence-electron chi connectivity index (χ4n) is 1.57. The molecule has 0 aliphatic carbocycles. The summed E-state index contributed by atoms with van der Waals surface area (Å²) in [4.78, 5) is 11.7. The van der Waals surface area contributed by atoms with Crippen molar-refractivity contribution >= 4 is 0 Å². The highest BCUT2D eigenvalue weighted by atomic mass is 19.1. The second kappa shape index (κ2) is 4.31. The Hall–Kier alpha value is -1.90. The molecule has 2 rings (SSSR count). The molecule has 2 aromatic rings.